The van der Waals surface area contributed by atoms with Crippen LogP contribution in [0.3, 0.4) is 0 Å². The quantitative estimate of drug-likeness (QED) is 0.486. The lowest BCUT2D eigenvalue weighted by molar-refractivity contribution is -0.385. The molecule has 0 aliphatic carbocycles. The van der Waals surface area contributed by atoms with E-state index in [2.05, 4.69) is 30.4 Å². The summed E-state index contributed by atoms with van der Waals surface area (Å²) in [6, 6.07) is 4.63. The Balaban J connectivity index is 2.47. The molecule has 0 saturated carbocycles. The second-order valence-corrected chi connectivity index (χ2v) is 6.18. The maximum Gasteiger partial charge on any atom is 0.344 e. The number of esters is 1. The first-order chi connectivity index (χ1) is 9.76. The molecule has 1 fully saturated rings. The standard InChI is InChI=1S/C15H20N2O4/c1-10-8-15(2,3)16(9-10)11-5-6-13(17(19)20)12(7-11)14(18)21-4/h5-7,10H,8-9H2,1-4H3/t10-/m1/s1. The van der Waals surface area contributed by atoms with Gasteiger partial charge in [-0.1, -0.05) is 6.92 Å². The molecule has 0 amide bonds. The summed E-state index contributed by atoms with van der Waals surface area (Å²) in [5.74, 6) is -0.148. The maximum atomic E-state index is 11.8. The van der Waals surface area contributed by atoms with Crippen LogP contribution in [0.4, 0.5) is 11.4 Å². The number of nitro groups is 1. The molecule has 21 heavy (non-hydrogen) atoms. The van der Waals surface area contributed by atoms with Gasteiger partial charge in [-0.15, -0.1) is 0 Å². The molecule has 0 aromatic heterocycles. The van der Waals surface area contributed by atoms with Gasteiger partial charge in [-0.25, -0.2) is 4.79 Å². The summed E-state index contributed by atoms with van der Waals surface area (Å²) in [6.45, 7) is 7.31. The van der Waals surface area contributed by atoms with Crippen molar-refractivity contribution in [3.63, 3.8) is 0 Å². The molecule has 0 unspecified atom stereocenters. The largest absolute Gasteiger partial charge is 0.465 e. The molecule has 0 N–H and O–H groups in total. The Kier molecular flexibility index (Phi) is 3.89. The molecule has 6 nitrogen and oxygen atoms in total. The van der Waals surface area contributed by atoms with Crippen molar-refractivity contribution < 1.29 is 14.5 Å². The van der Waals surface area contributed by atoms with Crippen LogP contribution in [-0.2, 0) is 4.74 Å². The van der Waals surface area contributed by atoms with Gasteiger partial charge in [-0.05, 0) is 38.3 Å². The normalized spacial score (nSPS) is 20.4. The third-order valence-electron chi connectivity index (χ3n) is 3.97. The SMILES string of the molecule is COC(=O)c1cc(N2C[C@H](C)CC2(C)C)ccc1[N+](=O)[O-]. The topological polar surface area (TPSA) is 72.7 Å². The number of nitro benzene ring substituents is 1. The van der Waals surface area contributed by atoms with Crippen LogP contribution in [-0.4, -0.2) is 30.1 Å². The minimum atomic E-state index is -0.686. The molecule has 0 spiro atoms. The molecule has 6 heteroatoms. The first-order valence-corrected chi connectivity index (χ1v) is 6.90. The van der Waals surface area contributed by atoms with Gasteiger partial charge in [-0.3, -0.25) is 10.1 Å². The molecule has 1 aromatic rings. The average molecular weight is 292 g/mol. The number of methoxy groups -OCH3 is 1. The lowest BCUT2D eigenvalue weighted by Crippen LogP contribution is -2.38. The molecule has 1 aromatic carbocycles. The molecule has 0 bridgehead atoms. The predicted octanol–water partition coefficient (Wildman–Crippen LogP) is 3.01. The van der Waals surface area contributed by atoms with E-state index in [4.69, 9.17) is 0 Å². The summed E-state index contributed by atoms with van der Waals surface area (Å²) in [5.41, 5.74) is 0.546. The van der Waals surface area contributed by atoms with Gasteiger partial charge in [-0.2, -0.15) is 0 Å². The highest BCUT2D eigenvalue weighted by molar-refractivity contribution is 5.95. The fourth-order valence-electron chi connectivity index (χ4n) is 3.17. The van der Waals surface area contributed by atoms with Gasteiger partial charge >= 0.3 is 5.97 Å². The Bertz CT molecular complexity index is 583. The van der Waals surface area contributed by atoms with Crippen LogP contribution in [0.1, 0.15) is 37.6 Å². The van der Waals surface area contributed by atoms with Crippen molar-refractivity contribution in [1.82, 2.24) is 0 Å². The second kappa shape index (κ2) is 5.35. The van der Waals surface area contributed by atoms with Crippen LogP contribution in [0.25, 0.3) is 0 Å². The van der Waals surface area contributed by atoms with Crippen molar-refractivity contribution in [2.75, 3.05) is 18.6 Å². The van der Waals surface area contributed by atoms with Crippen molar-refractivity contribution in [2.45, 2.75) is 32.7 Å². The molecular weight excluding hydrogens is 272 g/mol. The number of rotatable bonds is 3. The second-order valence-electron chi connectivity index (χ2n) is 6.18. The van der Waals surface area contributed by atoms with E-state index in [1.54, 1.807) is 12.1 Å². The first-order valence-electron chi connectivity index (χ1n) is 6.90. The van der Waals surface area contributed by atoms with Crippen LogP contribution in [0, 0.1) is 16.0 Å². The Morgan fingerprint density at radius 1 is 1.48 bits per heavy atom. The van der Waals surface area contributed by atoms with Crippen molar-refractivity contribution in [3.05, 3.63) is 33.9 Å². The summed E-state index contributed by atoms with van der Waals surface area (Å²) in [6.07, 6.45) is 1.04. The number of hydrogen-bond donors (Lipinski definition) is 0. The van der Waals surface area contributed by atoms with Crippen molar-refractivity contribution in [3.8, 4) is 0 Å². The van der Waals surface area contributed by atoms with Gasteiger partial charge in [0.25, 0.3) is 5.69 Å². The fraction of sp³-hybridized carbons (Fsp3) is 0.533. The maximum absolute atomic E-state index is 11.8. The van der Waals surface area contributed by atoms with E-state index in [9.17, 15) is 14.9 Å². The van der Waals surface area contributed by atoms with E-state index in [1.807, 2.05) is 0 Å². The van der Waals surface area contributed by atoms with Crippen LogP contribution >= 0.6 is 0 Å². The van der Waals surface area contributed by atoms with Gasteiger partial charge in [0, 0.05) is 23.8 Å². The number of anilines is 1. The smallest absolute Gasteiger partial charge is 0.344 e. The van der Waals surface area contributed by atoms with Gasteiger partial charge < -0.3 is 9.64 Å². The molecular formula is C15H20N2O4. The number of nitrogens with zero attached hydrogens (tertiary/aromatic N) is 2. The summed E-state index contributed by atoms with van der Waals surface area (Å²) < 4.78 is 4.66. The van der Waals surface area contributed by atoms with E-state index in [0.29, 0.717) is 5.92 Å². The fourth-order valence-corrected chi connectivity index (χ4v) is 3.17. The Morgan fingerprint density at radius 3 is 2.62 bits per heavy atom. The van der Waals surface area contributed by atoms with Crippen molar-refractivity contribution in [1.29, 1.82) is 0 Å². The van der Waals surface area contributed by atoms with Gasteiger partial charge in [0.2, 0.25) is 0 Å². The number of carbonyl (C=O) groups is 1. The van der Waals surface area contributed by atoms with E-state index < -0.39 is 10.9 Å². The van der Waals surface area contributed by atoms with Gasteiger partial charge in [0.05, 0.1) is 12.0 Å². The summed E-state index contributed by atoms with van der Waals surface area (Å²) in [7, 11) is 1.22. The van der Waals surface area contributed by atoms with E-state index >= 15 is 0 Å². The summed E-state index contributed by atoms with van der Waals surface area (Å²) >= 11 is 0. The number of carbonyl (C=O) groups excluding carboxylic acids is 1. The molecule has 1 atom stereocenters. The van der Waals surface area contributed by atoms with Gasteiger partial charge in [0.15, 0.2) is 0 Å². The lowest BCUT2D eigenvalue weighted by Gasteiger charge is -2.33. The van der Waals surface area contributed by atoms with Crippen molar-refractivity contribution >= 4 is 17.3 Å². The zero-order valence-corrected chi connectivity index (χ0v) is 12.8. The molecule has 0 radical (unpaired) electrons. The third-order valence-corrected chi connectivity index (χ3v) is 3.97. The highest BCUT2D eigenvalue weighted by Crippen LogP contribution is 2.38. The zero-order valence-electron chi connectivity index (χ0n) is 12.8. The highest BCUT2D eigenvalue weighted by atomic mass is 16.6. The van der Waals surface area contributed by atoms with Crippen LogP contribution in [0.5, 0.6) is 0 Å². The highest BCUT2D eigenvalue weighted by Gasteiger charge is 2.37. The predicted molar refractivity (Wildman–Crippen MR) is 79.6 cm³/mol. The van der Waals surface area contributed by atoms with Crippen LogP contribution in [0.15, 0.2) is 18.2 Å². The lowest BCUT2D eigenvalue weighted by atomic mass is 9.97. The van der Waals surface area contributed by atoms with E-state index in [1.165, 1.54) is 13.2 Å². The molecule has 1 heterocycles. The molecule has 1 aliphatic rings. The minimum absolute atomic E-state index is 0.00430. The zero-order chi connectivity index (χ0) is 15.8. The molecule has 1 aliphatic heterocycles. The summed E-state index contributed by atoms with van der Waals surface area (Å²) in [5, 5.41) is 11.0. The Hall–Kier alpha value is -2.11. The van der Waals surface area contributed by atoms with Crippen LogP contribution < -0.4 is 4.90 Å². The number of ether oxygens (including phenoxy) is 1. The summed E-state index contributed by atoms with van der Waals surface area (Å²) in [4.78, 5) is 24.5. The van der Waals surface area contributed by atoms with Gasteiger partial charge in [0.1, 0.15) is 5.56 Å². The molecule has 114 valence electrons. The Morgan fingerprint density at radius 2 is 2.14 bits per heavy atom. The molecule has 2 rings (SSSR count). The van der Waals surface area contributed by atoms with Crippen LogP contribution in [0.2, 0.25) is 0 Å². The van der Waals surface area contributed by atoms with E-state index in [0.717, 1.165) is 18.7 Å². The minimum Gasteiger partial charge on any atom is -0.465 e. The van der Waals surface area contributed by atoms with Crippen molar-refractivity contribution in [2.24, 2.45) is 5.92 Å². The average Bonchev–Trinajstić information content (AvgIpc) is 2.70. The monoisotopic (exact) mass is 292 g/mol. The third kappa shape index (κ3) is 2.84. The number of benzene rings is 1. The first kappa shape index (κ1) is 15.3. The van der Waals surface area contributed by atoms with E-state index in [-0.39, 0.29) is 16.8 Å². The Labute approximate surface area is 123 Å². The number of hydrogen-bond acceptors (Lipinski definition) is 5. The molecule has 1 saturated heterocycles.